The SMILES string of the molecule is CCS(=O)(=O)N1CCC(C(=O)Nc2ccc(F)c([N+](=O)[O-])c2)CC1. The maximum absolute atomic E-state index is 13.3. The number of amides is 1. The van der Waals surface area contributed by atoms with Crippen molar-refractivity contribution in [2.24, 2.45) is 5.92 Å². The molecule has 1 aromatic rings. The molecule has 0 aromatic heterocycles. The van der Waals surface area contributed by atoms with E-state index in [2.05, 4.69) is 5.32 Å². The van der Waals surface area contributed by atoms with Gasteiger partial charge in [0.2, 0.25) is 21.7 Å². The zero-order valence-corrected chi connectivity index (χ0v) is 13.9. The predicted octanol–water partition coefficient (Wildman–Crippen LogP) is 1.73. The largest absolute Gasteiger partial charge is 0.326 e. The van der Waals surface area contributed by atoms with Gasteiger partial charge in [-0.15, -0.1) is 0 Å². The van der Waals surface area contributed by atoms with E-state index >= 15 is 0 Å². The average molecular weight is 359 g/mol. The summed E-state index contributed by atoms with van der Waals surface area (Å²) in [7, 11) is -3.26. The summed E-state index contributed by atoms with van der Waals surface area (Å²) in [5.41, 5.74) is -0.576. The molecule has 8 nitrogen and oxygen atoms in total. The third-order valence-corrected chi connectivity index (χ3v) is 5.87. The Labute approximate surface area is 138 Å². The molecule has 132 valence electrons. The van der Waals surface area contributed by atoms with Crippen LogP contribution in [0.4, 0.5) is 15.8 Å². The van der Waals surface area contributed by atoms with Crippen LogP contribution >= 0.6 is 0 Å². The molecule has 0 atom stereocenters. The molecule has 1 heterocycles. The highest BCUT2D eigenvalue weighted by Crippen LogP contribution is 2.24. The molecule has 1 aliphatic heterocycles. The number of nitrogens with one attached hydrogen (secondary N) is 1. The average Bonchev–Trinajstić information content (AvgIpc) is 2.56. The van der Waals surface area contributed by atoms with Gasteiger partial charge in [0, 0.05) is 30.8 Å². The van der Waals surface area contributed by atoms with Crippen molar-refractivity contribution < 1.29 is 22.5 Å². The second-order valence-electron chi connectivity index (χ2n) is 5.49. The first kappa shape index (κ1) is 18.3. The normalized spacial score (nSPS) is 16.8. The van der Waals surface area contributed by atoms with Crippen LogP contribution in [-0.4, -0.2) is 42.4 Å². The molecule has 2 rings (SSSR count). The van der Waals surface area contributed by atoms with Crippen molar-refractivity contribution in [1.82, 2.24) is 4.31 Å². The van der Waals surface area contributed by atoms with E-state index < -0.39 is 32.4 Å². The molecule has 1 N–H and O–H groups in total. The topological polar surface area (TPSA) is 110 Å². The fraction of sp³-hybridized carbons (Fsp3) is 0.500. The monoisotopic (exact) mass is 359 g/mol. The molecule has 0 spiro atoms. The van der Waals surface area contributed by atoms with Crippen LogP contribution in [0, 0.1) is 21.8 Å². The number of hydrogen-bond acceptors (Lipinski definition) is 5. The molecule has 0 unspecified atom stereocenters. The number of carbonyl (C=O) groups excluding carboxylic acids is 1. The minimum atomic E-state index is -3.26. The van der Waals surface area contributed by atoms with E-state index in [4.69, 9.17) is 0 Å². The first-order valence-corrected chi connectivity index (χ1v) is 9.08. The van der Waals surface area contributed by atoms with Crippen LogP contribution in [0.1, 0.15) is 19.8 Å². The molecule has 0 bridgehead atoms. The van der Waals surface area contributed by atoms with Crippen molar-refractivity contribution in [3.05, 3.63) is 34.1 Å². The van der Waals surface area contributed by atoms with Crippen LogP contribution < -0.4 is 5.32 Å². The van der Waals surface area contributed by atoms with E-state index in [9.17, 15) is 27.7 Å². The van der Waals surface area contributed by atoms with Crippen molar-refractivity contribution in [3.63, 3.8) is 0 Å². The van der Waals surface area contributed by atoms with Gasteiger partial charge in [-0.05, 0) is 31.9 Å². The van der Waals surface area contributed by atoms with Gasteiger partial charge in [0.1, 0.15) is 0 Å². The van der Waals surface area contributed by atoms with Crippen molar-refractivity contribution >= 4 is 27.3 Å². The van der Waals surface area contributed by atoms with Crippen molar-refractivity contribution in [1.29, 1.82) is 0 Å². The zero-order chi connectivity index (χ0) is 17.9. The molecule has 0 saturated carbocycles. The lowest BCUT2D eigenvalue weighted by molar-refractivity contribution is -0.387. The maximum atomic E-state index is 13.3. The maximum Gasteiger partial charge on any atom is 0.306 e. The molecular weight excluding hydrogens is 341 g/mol. The first-order chi connectivity index (χ1) is 11.2. The van der Waals surface area contributed by atoms with Crippen LogP contribution in [-0.2, 0) is 14.8 Å². The molecule has 10 heteroatoms. The van der Waals surface area contributed by atoms with Gasteiger partial charge in [0.15, 0.2) is 0 Å². The van der Waals surface area contributed by atoms with Crippen LogP contribution in [0.5, 0.6) is 0 Å². The minimum Gasteiger partial charge on any atom is -0.326 e. The van der Waals surface area contributed by atoms with E-state index in [-0.39, 0.29) is 30.4 Å². The Bertz CT molecular complexity index is 745. The highest BCUT2D eigenvalue weighted by molar-refractivity contribution is 7.89. The number of halogens is 1. The van der Waals surface area contributed by atoms with E-state index in [1.165, 1.54) is 10.4 Å². The second kappa shape index (κ2) is 7.22. The number of hydrogen-bond donors (Lipinski definition) is 1. The molecular formula is C14H18FN3O5S. The Morgan fingerprint density at radius 1 is 1.42 bits per heavy atom. The van der Waals surface area contributed by atoms with Gasteiger partial charge in [0.05, 0.1) is 10.7 Å². The first-order valence-electron chi connectivity index (χ1n) is 7.47. The number of piperidine rings is 1. The number of rotatable bonds is 5. The summed E-state index contributed by atoms with van der Waals surface area (Å²) >= 11 is 0. The smallest absolute Gasteiger partial charge is 0.306 e. The number of nitrogens with zero attached hydrogens (tertiary/aromatic N) is 2. The lowest BCUT2D eigenvalue weighted by Gasteiger charge is -2.30. The van der Waals surface area contributed by atoms with E-state index in [0.29, 0.717) is 12.8 Å². The third-order valence-electron chi connectivity index (χ3n) is 3.99. The Morgan fingerprint density at radius 2 is 2.04 bits per heavy atom. The summed E-state index contributed by atoms with van der Waals surface area (Å²) in [4.78, 5) is 22.1. The van der Waals surface area contributed by atoms with Gasteiger partial charge in [-0.3, -0.25) is 14.9 Å². The van der Waals surface area contributed by atoms with Gasteiger partial charge in [0.25, 0.3) is 0 Å². The van der Waals surface area contributed by atoms with Gasteiger partial charge in [-0.2, -0.15) is 4.39 Å². The Morgan fingerprint density at radius 3 is 2.58 bits per heavy atom. The molecule has 0 aliphatic carbocycles. The summed E-state index contributed by atoms with van der Waals surface area (Å²) in [6.07, 6.45) is 0.739. The second-order valence-corrected chi connectivity index (χ2v) is 7.74. The molecule has 0 radical (unpaired) electrons. The fourth-order valence-corrected chi connectivity index (χ4v) is 3.69. The van der Waals surface area contributed by atoms with Crippen LogP contribution in [0.15, 0.2) is 18.2 Å². The Kier molecular flexibility index (Phi) is 5.50. The number of carbonyl (C=O) groups is 1. The molecule has 24 heavy (non-hydrogen) atoms. The molecule has 1 aromatic carbocycles. The standard InChI is InChI=1S/C14H18FN3O5S/c1-2-24(22,23)17-7-5-10(6-8-17)14(19)16-11-3-4-12(15)13(9-11)18(20)21/h3-4,9-10H,2,5-8H2,1H3,(H,16,19). The summed E-state index contributed by atoms with van der Waals surface area (Å²) in [6, 6.07) is 3.13. The van der Waals surface area contributed by atoms with Gasteiger partial charge in [-0.25, -0.2) is 12.7 Å². The lowest BCUT2D eigenvalue weighted by atomic mass is 9.97. The van der Waals surface area contributed by atoms with Crippen LogP contribution in [0.3, 0.4) is 0 Å². The minimum absolute atomic E-state index is 0.0170. The molecule has 1 fully saturated rings. The summed E-state index contributed by atoms with van der Waals surface area (Å²) in [5, 5.41) is 13.2. The number of anilines is 1. The predicted molar refractivity (Wildman–Crippen MR) is 85.4 cm³/mol. The number of nitro groups is 1. The van der Waals surface area contributed by atoms with Gasteiger partial charge in [-0.1, -0.05) is 0 Å². The molecule has 1 saturated heterocycles. The van der Waals surface area contributed by atoms with Crippen LogP contribution in [0.2, 0.25) is 0 Å². The van der Waals surface area contributed by atoms with Gasteiger partial charge < -0.3 is 5.32 Å². The van der Waals surface area contributed by atoms with E-state index in [1.807, 2.05) is 0 Å². The molecule has 1 amide bonds. The summed E-state index contributed by atoms with van der Waals surface area (Å²) in [6.45, 7) is 2.09. The van der Waals surface area contributed by atoms with E-state index in [1.54, 1.807) is 6.92 Å². The van der Waals surface area contributed by atoms with Gasteiger partial charge >= 0.3 is 5.69 Å². The quantitative estimate of drug-likeness (QED) is 0.636. The Balaban J connectivity index is 2.00. The summed E-state index contributed by atoms with van der Waals surface area (Å²) < 4.78 is 38.2. The lowest BCUT2D eigenvalue weighted by Crippen LogP contribution is -2.42. The van der Waals surface area contributed by atoms with Crippen molar-refractivity contribution in [2.45, 2.75) is 19.8 Å². The third kappa shape index (κ3) is 4.06. The highest BCUT2D eigenvalue weighted by Gasteiger charge is 2.30. The molecule has 1 aliphatic rings. The number of nitro benzene ring substituents is 1. The zero-order valence-electron chi connectivity index (χ0n) is 13.1. The number of benzene rings is 1. The summed E-state index contributed by atoms with van der Waals surface area (Å²) in [5.74, 6) is -1.71. The highest BCUT2D eigenvalue weighted by atomic mass is 32.2. The Hall–Kier alpha value is -2.07. The van der Waals surface area contributed by atoms with Crippen molar-refractivity contribution in [3.8, 4) is 0 Å². The van der Waals surface area contributed by atoms with Crippen molar-refractivity contribution in [2.75, 3.05) is 24.2 Å². The van der Waals surface area contributed by atoms with E-state index in [0.717, 1.165) is 12.1 Å². The number of sulfonamides is 1. The fourth-order valence-electron chi connectivity index (χ4n) is 2.55. The van der Waals surface area contributed by atoms with Crippen LogP contribution in [0.25, 0.3) is 0 Å².